The average Bonchev–Trinajstić information content (AvgIpc) is 2.33. The van der Waals surface area contributed by atoms with Crippen molar-refractivity contribution in [3.05, 3.63) is 56.5 Å². The van der Waals surface area contributed by atoms with Crippen molar-refractivity contribution in [2.24, 2.45) is 0 Å². The van der Waals surface area contributed by atoms with E-state index in [2.05, 4.69) is 15.9 Å². The summed E-state index contributed by atoms with van der Waals surface area (Å²) >= 11 is 15.3. The highest BCUT2D eigenvalue weighted by atomic mass is 79.9. The van der Waals surface area contributed by atoms with Gasteiger partial charge in [-0.15, -0.1) is 0 Å². The average molecular weight is 346 g/mol. The van der Waals surface area contributed by atoms with Crippen molar-refractivity contribution in [3.63, 3.8) is 0 Å². The molecule has 2 nitrogen and oxygen atoms in total. The number of ether oxygens (including phenoxy) is 1. The van der Waals surface area contributed by atoms with Crippen LogP contribution in [-0.4, -0.2) is 6.29 Å². The second-order valence-corrected chi connectivity index (χ2v) is 5.21. The number of halogens is 3. The van der Waals surface area contributed by atoms with Gasteiger partial charge >= 0.3 is 0 Å². The highest BCUT2D eigenvalue weighted by molar-refractivity contribution is 9.10. The maximum atomic E-state index is 10.6. The minimum absolute atomic E-state index is 0.343. The monoisotopic (exact) mass is 344 g/mol. The van der Waals surface area contributed by atoms with E-state index < -0.39 is 0 Å². The second kappa shape index (κ2) is 5.74. The lowest BCUT2D eigenvalue weighted by Gasteiger charge is -2.08. The van der Waals surface area contributed by atoms with E-state index >= 15 is 0 Å². The summed E-state index contributed by atoms with van der Waals surface area (Å²) < 4.78 is 6.46. The predicted octanol–water partition coefficient (Wildman–Crippen LogP) is 5.36. The zero-order valence-corrected chi connectivity index (χ0v) is 12.1. The lowest BCUT2D eigenvalue weighted by atomic mass is 10.2. The van der Waals surface area contributed by atoms with E-state index in [-0.39, 0.29) is 0 Å². The summed E-state index contributed by atoms with van der Waals surface area (Å²) in [5.41, 5.74) is 0.422. The fourth-order valence-corrected chi connectivity index (χ4v) is 2.28. The minimum Gasteiger partial charge on any atom is -0.456 e. The van der Waals surface area contributed by atoms with Crippen LogP contribution in [0.2, 0.25) is 10.0 Å². The van der Waals surface area contributed by atoms with Crippen molar-refractivity contribution in [2.75, 3.05) is 0 Å². The third-order valence-electron chi connectivity index (χ3n) is 2.22. The van der Waals surface area contributed by atoms with Crippen LogP contribution in [-0.2, 0) is 0 Å². The molecular weight excluding hydrogens is 339 g/mol. The molecular formula is C13H7BrCl2O2. The summed E-state index contributed by atoms with van der Waals surface area (Å²) in [4.78, 5) is 10.6. The van der Waals surface area contributed by atoms with Crippen molar-refractivity contribution in [1.29, 1.82) is 0 Å². The Bertz CT molecular complexity index is 600. The molecule has 2 aromatic carbocycles. The lowest BCUT2D eigenvalue weighted by molar-refractivity contribution is 0.112. The number of rotatable bonds is 3. The lowest BCUT2D eigenvalue weighted by Crippen LogP contribution is -1.88. The summed E-state index contributed by atoms with van der Waals surface area (Å²) in [6.07, 6.45) is 0.693. The first-order valence-corrected chi connectivity index (χ1v) is 6.52. The summed E-state index contributed by atoms with van der Waals surface area (Å²) in [5.74, 6) is 1.05. The molecule has 0 aromatic heterocycles. The van der Waals surface area contributed by atoms with Gasteiger partial charge in [-0.1, -0.05) is 39.1 Å². The first-order valence-electron chi connectivity index (χ1n) is 4.98. The zero-order valence-electron chi connectivity index (χ0n) is 8.99. The molecule has 0 fully saturated rings. The topological polar surface area (TPSA) is 26.3 Å². The smallest absolute Gasteiger partial charge is 0.151 e. The van der Waals surface area contributed by atoms with Crippen LogP contribution < -0.4 is 4.74 Å². The van der Waals surface area contributed by atoms with Crippen molar-refractivity contribution in [2.45, 2.75) is 0 Å². The Morgan fingerprint density at radius 2 is 1.83 bits per heavy atom. The molecule has 0 radical (unpaired) electrons. The Labute approximate surface area is 123 Å². The number of carbonyl (C=O) groups is 1. The Hall–Kier alpha value is -1.03. The number of benzene rings is 2. The van der Waals surface area contributed by atoms with E-state index in [0.717, 1.165) is 4.47 Å². The standard InChI is InChI=1S/C13H7BrCl2O2/c14-9-2-4-13(12(16)5-9)18-10-3-1-8(7-17)11(15)6-10/h1-7H. The third-order valence-corrected chi connectivity index (χ3v) is 3.34. The molecule has 0 aliphatic carbocycles. The van der Waals surface area contributed by atoms with Crippen LogP contribution in [0.15, 0.2) is 40.9 Å². The van der Waals surface area contributed by atoms with Gasteiger partial charge in [0.2, 0.25) is 0 Å². The van der Waals surface area contributed by atoms with E-state index in [9.17, 15) is 4.79 Å². The maximum absolute atomic E-state index is 10.6. The Balaban J connectivity index is 2.28. The second-order valence-electron chi connectivity index (χ2n) is 3.48. The molecule has 0 atom stereocenters. The zero-order chi connectivity index (χ0) is 13.1. The quantitative estimate of drug-likeness (QED) is 0.700. The normalized spacial score (nSPS) is 10.2. The van der Waals surface area contributed by atoms with Crippen molar-refractivity contribution >= 4 is 45.4 Å². The molecule has 0 aliphatic rings. The Morgan fingerprint density at radius 3 is 2.44 bits per heavy atom. The molecule has 92 valence electrons. The van der Waals surface area contributed by atoms with Crippen molar-refractivity contribution in [3.8, 4) is 11.5 Å². The summed E-state index contributed by atoms with van der Waals surface area (Å²) in [7, 11) is 0. The van der Waals surface area contributed by atoms with Crippen molar-refractivity contribution in [1.82, 2.24) is 0 Å². The van der Waals surface area contributed by atoms with Gasteiger partial charge in [0.05, 0.1) is 10.0 Å². The van der Waals surface area contributed by atoms with Gasteiger partial charge in [0, 0.05) is 16.1 Å². The van der Waals surface area contributed by atoms with E-state index in [4.69, 9.17) is 27.9 Å². The molecule has 18 heavy (non-hydrogen) atoms. The van der Waals surface area contributed by atoms with Crippen LogP contribution in [0.3, 0.4) is 0 Å². The molecule has 0 amide bonds. The van der Waals surface area contributed by atoms with E-state index in [1.54, 1.807) is 30.3 Å². The Morgan fingerprint density at radius 1 is 1.06 bits per heavy atom. The van der Waals surface area contributed by atoms with Gasteiger partial charge in [0.1, 0.15) is 11.5 Å². The van der Waals surface area contributed by atoms with Crippen LogP contribution in [0, 0.1) is 0 Å². The summed E-state index contributed by atoms with van der Waals surface area (Å²) in [6.45, 7) is 0. The molecule has 0 aliphatic heterocycles. The summed E-state index contributed by atoms with van der Waals surface area (Å²) in [5, 5.41) is 0.829. The van der Waals surface area contributed by atoms with Gasteiger partial charge in [0.15, 0.2) is 6.29 Å². The largest absolute Gasteiger partial charge is 0.456 e. The Kier molecular flexibility index (Phi) is 4.27. The van der Waals surface area contributed by atoms with Crippen LogP contribution in [0.4, 0.5) is 0 Å². The minimum atomic E-state index is 0.343. The van der Waals surface area contributed by atoms with Crippen LogP contribution in [0.1, 0.15) is 10.4 Å². The molecule has 0 saturated heterocycles. The maximum Gasteiger partial charge on any atom is 0.151 e. The fraction of sp³-hybridized carbons (Fsp3) is 0. The highest BCUT2D eigenvalue weighted by Crippen LogP contribution is 2.32. The third kappa shape index (κ3) is 3.05. The van der Waals surface area contributed by atoms with Gasteiger partial charge < -0.3 is 4.74 Å². The first-order chi connectivity index (χ1) is 8.60. The molecule has 0 spiro atoms. The van der Waals surface area contributed by atoms with E-state index in [1.165, 1.54) is 0 Å². The van der Waals surface area contributed by atoms with Crippen LogP contribution in [0.5, 0.6) is 11.5 Å². The van der Waals surface area contributed by atoms with Gasteiger partial charge in [-0.2, -0.15) is 0 Å². The number of hydrogen-bond donors (Lipinski definition) is 0. The van der Waals surface area contributed by atoms with Crippen LogP contribution in [0.25, 0.3) is 0 Å². The van der Waals surface area contributed by atoms with E-state index in [0.29, 0.717) is 33.4 Å². The molecule has 2 rings (SSSR count). The van der Waals surface area contributed by atoms with Gasteiger partial charge in [0.25, 0.3) is 0 Å². The predicted molar refractivity (Wildman–Crippen MR) is 76.1 cm³/mol. The molecule has 0 saturated carbocycles. The molecule has 0 N–H and O–H groups in total. The molecule has 5 heteroatoms. The molecule has 0 unspecified atom stereocenters. The SMILES string of the molecule is O=Cc1ccc(Oc2ccc(Br)cc2Cl)cc1Cl. The summed E-state index contributed by atoms with van der Waals surface area (Å²) in [6, 6.07) is 10.1. The van der Waals surface area contributed by atoms with Gasteiger partial charge in [-0.05, 0) is 30.3 Å². The number of hydrogen-bond acceptors (Lipinski definition) is 2. The van der Waals surface area contributed by atoms with Crippen LogP contribution >= 0.6 is 39.1 Å². The first kappa shape index (κ1) is 13.4. The number of carbonyl (C=O) groups excluding carboxylic acids is 1. The number of aldehydes is 1. The molecule has 0 bridgehead atoms. The van der Waals surface area contributed by atoms with E-state index in [1.807, 2.05) is 6.07 Å². The molecule has 0 heterocycles. The van der Waals surface area contributed by atoms with Gasteiger partial charge in [-0.25, -0.2) is 0 Å². The highest BCUT2D eigenvalue weighted by Gasteiger charge is 2.06. The molecule has 2 aromatic rings. The van der Waals surface area contributed by atoms with Crippen molar-refractivity contribution < 1.29 is 9.53 Å². The fourth-order valence-electron chi connectivity index (χ4n) is 1.35. The van der Waals surface area contributed by atoms with Gasteiger partial charge in [-0.3, -0.25) is 4.79 Å².